The van der Waals surface area contributed by atoms with Crippen molar-refractivity contribution in [2.24, 2.45) is 0 Å². The Balaban J connectivity index is 1.84. The van der Waals surface area contributed by atoms with Crippen LogP contribution in [0.3, 0.4) is 0 Å². The molecule has 3 heteroatoms. The summed E-state index contributed by atoms with van der Waals surface area (Å²) < 4.78 is 11.5. The number of rotatable bonds is 10. The molecule has 1 atom stereocenters. The van der Waals surface area contributed by atoms with Crippen molar-refractivity contribution < 1.29 is 9.47 Å². The molecule has 20 heavy (non-hydrogen) atoms. The van der Waals surface area contributed by atoms with E-state index in [1.54, 1.807) is 0 Å². The first-order chi connectivity index (χ1) is 9.81. The summed E-state index contributed by atoms with van der Waals surface area (Å²) in [6.07, 6.45) is 3.80. The molecule has 3 nitrogen and oxygen atoms in total. The largest absolute Gasteiger partial charge is 0.379 e. The number of hydrogen-bond acceptors (Lipinski definition) is 3. The molecule has 0 amide bonds. The lowest BCUT2D eigenvalue weighted by atomic mass is 10.0. The average Bonchev–Trinajstić information content (AvgIpc) is 3.27. The van der Waals surface area contributed by atoms with E-state index >= 15 is 0 Å². The summed E-state index contributed by atoms with van der Waals surface area (Å²) in [5.41, 5.74) is 2.58. The number of ether oxygens (including phenoxy) is 2. The Morgan fingerprint density at radius 3 is 2.70 bits per heavy atom. The molecule has 0 heterocycles. The van der Waals surface area contributed by atoms with Crippen molar-refractivity contribution in [2.45, 2.75) is 45.3 Å². The second-order valence-electron chi connectivity index (χ2n) is 5.51. The molecule has 0 saturated heterocycles. The molecular weight excluding hydrogens is 250 g/mol. The topological polar surface area (TPSA) is 30.5 Å². The first-order valence-corrected chi connectivity index (χ1v) is 7.79. The third-order valence-corrected chi connectivity index (χ3v) is 3.60. The van der Waals surface area contributed by atoms with E-state index in [1.165, 1.54) is 24.0 Å². The Labute approximate surface area is 122 Å². The second-order valence-corrected chi connectivity index (χ2v) is 5.51. The van der Waals surface area contributed by atoms with E-state index in [4.69, 9.17) is 9.47 Å². The predicted molar refractivity (Wildman–Crippen MR) is 82.0 cm³/mol. The summed E-state index contributed by atoms with van der Waals surface area (Å²) in [5.74, 6) is 0. The van der Waals surface area contributed by atoms with Gasteiger partial charge in [-0.15, -0.1) is 0 Å². The Morgan fingerprint density at radius 1 is 1.20 bits per heavy atom. The van der Waals surface area contributed by atoms with Crippen LogP contribution in [-0.4, -0.2) is 32.4 Å². The lowest BCUT2D eigenvalue weighted by Gasteiger charge is -2.21. The van der Waals surface area contributed by atoms with E-state index in [0.29, 0.717) is 19.3 Å². The van der Waals surface area contributed by atoms with Crippen molar-refractivity contribution in [3.63, 3.8) is 0 Å². The van der Waals surface area contributed by atoms with E-state index in [2.05, 4.69) is 43.4 Å². The summed E-state index contributed by atoms with van der Waals surface area (Å²) in [4.78, 5) is 0. The van der Waals surface area contributed by atoms with Gasteiger partial charge >= 0.3 is 0 Å². The van der Waals surface area contributed by atoms with Crippen LogP contribution in [0.25, 0.3) is 0 Å². The minimum Gasteiger partial charge on any atom is -0.379 e. The Bertz CT molecular complexity index is 390. The van der Waals surface area contributed by atoms with Crippen LogP contribution in [0.1, 0.15) is 43.4 Å². The second kappa shape index (κ2) is 8.40. The van der Waals surface area contributed by atoms with Crippen LogP contribution in [0, 0.1) is 6.92 Å². The molecule has 1 aromatic rings. The van der Waals surface area contributed by atoms with Crippen LogP contribution < -0.4 is 5.32 Å². The Morgan fingerprint density at radius 2 is 2.00 bits per heavy atom. The summed E-state index contributed by atoms with van der Waals surface area (Å²) in [7, 11) is 0. The zero-order chi connectivity index (χ0) is 14.2. The highest BCUT2D eigenvalue weighted by Crippen LogP contribution is 2.24. The smallest absolute Gasteiger partial charge is 0.0953 e. The zero-order valence-electron chi connectivity index (χ0n) is 12.7. The lowest BCUT2D eigenvalue weighted by Crippen LogP contribution is -2.26. The third kappa shape index (κ3) is 5.23. The molecule has 1 aliphatic rings. The average molecular weight is 277 g/mol. The fraction of sp³-hybridized carbons (Fsp3) is 0.647. The van der Waals surface area contributed by atoms with E-state index in [9.17, 15) is 0 Å². The minimum absolute atomic E-state index is 0.127. The molecule has 2 rings (SSSR count). The van der Waals surface area contributed by atoms with E-state index in [0.717, 1.165) is 19.6 Å². The van der Waals surface area contributed by atoms with Crippen LogP contribution in [0.4, 0.5) is 0 Å². The molecule has 0 aliphatic heterocycles. The number of aryl methyl sites for hydroxylation is 1. The summed E-state index contributed by atoms with van der Waals surface area (Å²) in [6.45, 7) is 7.32. The standard InChI is InChI=1S/C17H27NO2/c1-3-10-19-11-12-20-17(13-18-15-8-9-15)16-7-5-4-6-14(16)2/h4-7,15,17-18H,3,8-13H2,1-2H3. The van der Waals surface area contributed by atoms with Crippen molar-refractivity contribution in [1.82, 2.24) is 5.32 Å². The summed E-state index contributed by atoms with van der Waals surface area (Å²) in [6, 6.07) is 9.19. The molecule has 1 fully saturated rings. The van der Waals surface area contributed by atoms with E-state index < -0.39 is 0 Å². The number of nitrogens with one attached hydrogen (secondary N) is 1. The molecule has 0 aromatic heterocycles. The van der Waals surface area contributed by atoms with Gasteiger partial charge in [-0.3, -0.25) is 0 Å². The normalized spacial score (nSPS) is 16.3. The molecule has 1 unspecified atom stereocenters. The molecule has 1 aromatic carbocycles. The fourth-order valence-electron chi connectivity index (χ4n) is 2.26. The van der Waals surface area contributed by atoms with E-state index in [-0.39, 0.29) is 6.10 Å². The number of hydrogen-bond donors (Lipinski definition) is 1. The molecule has 112 valence electrons. The highest BCUT2D eigenvalue weighted by atomic mass is 16.5. The van der Waals surface area contributed by atoms with Crippen molar-refractivity contribution in [1.29, 1.82) is 0 Å². The third-order valence-electron chi connectivity index (χ3n) is 3.60. The van der Waals surface area contributed by atoms with Gasteiger partial charge in [0.2, 0.25) is 0 Å². The van der Waals surface area contributed by atoms with Crippen LogP contribution in [-0.2, 0) is 9.47 Å². The summed E-state index contributed by atoms with van der Waals surface area (Å²) >= 11 is 0. The molecule has 1 saturated carbocycles. The number of benzene rings is 1. The summed E-state index contributed by atoms with van der Waals surface area (Å²) in [5, 5.41) is 3.57. The highest BCUT2D eigenvalue weighted by Gasteiger charge is 2.23. The highest BCUT2D eigenvalue weighted by molar-refractivity contribution is 5.28. The predicted octanol–water partition coefficient (Wildman–Crippen LogP) is 3.23. The molecular formula is C17H27NO2. The fourth-order valence-corrected chi connectivity index (χ4v) is 2.26. The zero-order valence-corrected chi connectivity index (χ0v) is 12.7. The molecule has 0 spiro atoms. The maximum atomic E-state index is 6.05. The monoisotopic (exact) mass is 277 g/mol. The van der Waals surface area contributed by atoms with Gasteiger partial charge in [0.25, 0.3) is 0 Å². The van der Waals surface area contributed by atoms with Gasteiger partial charge < -0.3 is 14.8 Å². The minimum atomic E-state index is 0.127. The van der Waals surface area contributed by atoms with Gasteiger partial charge in [-0.25, -0.2) is 0 Å². The van der Waals surface area contributed by atoms with Crippen molar-refractivity contribution in [3.8, 4) is 0 Å². The quantitative estimate of drug-likeness (QED) is 0.666. The van der Waals surface area contributed by atoms with Crippen LogP contribution in [0.2, 0.25) is 0 Å². The first-order valence-electron chi connectivity index (χ1n) is 7.79. The maximum absolute atomic E-state index is 6.05. The Kier molecular flexibility index (Phi) is 6.51. The van der Waals surface area contributed by atoms with Gasteiger partial charge in [0.15, 0.2) is 0 Å². The molecule has 0 bridgehead atoms. The van der Waals surface area contributed by atoms with Crippen LogP contribution in [0.5, 0.6) is 0 Å². The SMILES string of the molecule is CCCOCCOC(CNC1CC1)c1ccccc1C. The van der Waals surface area contributed by atoms with E-state index in [1.807, 2.05) is 0 Å². The molecule has 1 aliphatic carbocycles. The van der Waals surface area contributed by atoms with Gasteiger partial charge in [-0.1, -0.05) is 31.2 Å². The van der Waals surface area contributed by atoms with Crippen molar-refractivity contribution in [2.75, 3.05) is 26.4 Å². The van der Waals surface area contributed by atoms with Gasteiger partial charge in [-0.2, -0.15) is 0 Å². The molecule has 1 N–H and O–H groups in total. The van der Waals surface area contributed by atoms with Gasteiger partial charge in [0.1, 0.15) is 0 Å². The Hall–Kier alpha value is -0.900. The van der Waals surface area contributed by atoms with Crippen LogP contribution in [0.15, 0.2) is 24.3 Å². The van der Waals surface area contributed by atoms with Gasteiger partial charge in [0.05, 0.1) is 19.3 Å². The lowest BCUT2D eigenvalue weighted by molar-refractivity contribution is 0.00388. The van der Waals surface area contributed by atoms with Crippen LogP contribution >= 0.6 is 0 Å². The first kappa shape index (κ1) is 15.5. The molecule has 0 radical (unpaired) electrons. The maximum Gasteiger partial charge on any atom is 0.0953 e. The van der Waals surface area contributed by atoms with Crippen molar-refractivity contribution >= 4 is 0 Å². The van der Waals surface area contributed by atoms with Gasteiger partial charge in [-0.05, 0) is 37.3 Å². The van der Waals surface area contributed by atoms with Crippen molar-refractivity contribution in [3.05, 3.63) is 35.4 Å². The van der Waals surface area contributed by atoms with Gasteiger partial charge in [0, 0.05) is 19.2 Å².